The van der Waals surface area contributed by atoms with Crippen molar-refractivity contribution in [2.75, 3.05) is 0 Å². The average Bonchev–Trinajstić information content (AvgIpc) is 1.85. The number of carboxylic acids is 1. The molecule has 0 aromatic heterocycles. The predicted molar refractivity (Wildman–Crippen MR) is 37.5 cm³/mol. The van der Waals surface area contributed by atoms with Crippen LogP contribution in [0.5, 0.6) is 0 Å². The van der Waals surface area contributed by atoms with Gasteiger partial charge in [-0.05, 0) is 13.3 Å². The van der Waals surface area contributed by atoms with Crippen LogP contribution >= 0.6 is 0 Å². The van der Waals surface area contributed by atoms with Gasteiger partial charge in [0.15, 0.2) is 5.54 Å². The number of nitrogens with zero attached hydrogens (tertiary/aromatic N) is 1. The van der Waals surface area contributed by atoms with Crippen LogP contribution in [-0.4, -0.2) is 61.8 Å². The Labute approximate surface area is 86.8 Å². The zero-order chi connectivity index (χ0) is 8.36. The number of carbonyl (C=O) groups is 1. The zero-order valence-corrected chi connectivity index (χ0v) is 8.90. The van der Waals surface area contributed by atoms with Crippen LogP contribution in [0.4, 0.5) is 0 Å². The van der Waals surface area contributed by atoms with Crippen molar-refractivity contribution in [3.8, 4) is 0 Å². The van der Waals surface area contributed by atoms with Crippen molar-refractivity contribution < 1.29 is 20.3 Å². The first-order chi connectivity index (χ1) is 4.45. The molecule has 1 radical (unpaired) electrons. The molecule has 1 unspecified atom stereocenters. The van der Waals surface area contributed by atoms with E-state index in [1.165, 1.54) is 6.92 Å². The molecule has 0 aliphatic heterocycles. The molecule has 5 nitrogen and oxygen atoms in total. The zero-order valence-electron chi connectivity index (χ0n) is 6.90. The third-order valence-corrected chi connectivity index (χ3v) is 1.59. The molecule has 3 N–H and O–H groups in total. The Kier molecular flexibility index (Phi) is 6.42. The molecule has 0 aromatic carbocycles. The van der Waals surface area contributed by atoms with Gasteiger partial charge in [-0.25, -0.2) is 0 Å². The second kappa shape index (κ2) is 5.08. The summed E-state index contributed by atoms with van der Waals surface area (Å²) >= 11 is 0. The van der Waals surface area contributed by atoms with Gasteiger partial charge in [0.2, 0.25) is 0 Å². The number of hydroxylamine groups is 2. The first-order valence-electron chi connectivity index (χ1n) is 2.86. The maximum atomic E-state index is 10.3. The molecule has 61 valence electrons. The van der Waals surface area contributed by atoms with Crippen molar-refractivity contribution in [1.82, 2.24) is 5.23 Å². The largest absolute Gasteiger partial charge is 0.480 e. The Morgan fingerprint density at radius 2 is 1.91 bits per heavy atom. The van der Waals surface area contributed by atoms with Gasteiger partial charge in [-0.3, -0.25) is 15.2 Å². The Bertz CT molecular complexity index is 140. The summed E-state index contributed by atoms with van der Waals surface area (Å²) in [7, 11) is 0. The second-order valence-corrected chi connectivity index (χ2v) is 2.22. The van der Waals surface area contributed by atoms with Crippen LogP contribution in [0.3, 0.4) is 0 Å². The van der Waals surface area contributed by atoms with E-state index in [0.29, 0.717) is 0 Å². The summed E-state index contributed by atoms with van der Waals surface area (Å²) in [5.41, 5.74) is -1.60. The SMILES string of the molecule is CCC(C)(C(=O)O)N(O)O.[Na]. The summed E-state index contributed by atoms with van der Waals surface area (Å²) < 4.78 is 0. The van der Waals surface area contributed by atoms with Gasteiger partial charge < -0.3 is 5.11 Å². The topological polar surface area (TPSA) is 81.0 Å². The Morgan fingerprint density at radius 1 is 1.55 bits per heavy atom. The number of hydrogen-bond donors (Lipinski definition) is 3. The normalized spacial score (nSPS) is 15.4. The van der Waals surface area contributed by atoms with E-state index < -0.39 is 11.5 Å². The molecule has 0 saturated heterocycles. The quantitative estimate of drug-likeness (QED) is 0.410. The molecule has 0 fully saturated rings. The van der Waals surface area contributed by atoms with Crippen LogP contribution in [0.15, 0.2) is 0 Å². The first kappa shape index (κ1) is 13.9. The molecular formula is C5H11NNaO4. The van der Waals surface area contributed by atoms with Crippen molar-refractivity contribution >= 4 is 35.5 Å². The van der Waals surface area contributed by atoms with E-state index in [-0.39, 0.29) is 41.2 Å². The second-order valence-electron chi connectivity index (χ2n) is 2.22. The van der Waals surface area contributed by atoms with Crippen molar-refractivity contribution in [2.45, 2.75) is 25.8 Å². The first-order valence-corrected chi connectivity index (χ1v) is 2.86. The summed E-state index contributed by atoms with van der Waals surface area (Å²) in [5.74, 6) is -1.26. The molecule has 1 atom stereocenters. The van der Waals surface area contributed by atoms with Crippen molar-refractivity contribution in [3.05, 3.63) is 0 Å². The fourth-order valence-electron chi connectivity index (χ4n) is 0.378. The molecule has 0 heterocycles. The smallest absolute Gasteiger partial charge is 0.328 e. The monoisotopic (exact) mass is 172 g/mol. The summed E-state index contributed by atoms with van der Waals surface area (Å²) in [6.45, 7) is 2.77. The summed E-state index contributed by atoms with van der Waals surface area (Å²) in [5, 5.41) is 25.1. The molecule has 11 heavy (non-hydrogen) atoms. The van der Waals surface area contributed by atoms with Gasteiger partial charge in [0.05, 0.1) is 0 Å². The van der Waals surface area contributed by atoms with Gasteiger partial charge in [-0.1, -0.05) is 12.2 Å². The molecule has 0 aliphatic carbocycles. The molecule has 0 aliphatic rings. The fourth-order valence-corrected chi connectivity index (χ4v) is 0.378. The third kappa shape index (κ3) is 3.06. The third-order valence-electron chi connectivity index (χ3n) is 1.59. The van der Waals surface area contributed by atoms with Gasteiger partial charge >= 0.3 is 5.97 Å². The van der Waals surface area contributed by atoms with Crippen molar-refractivity contribution in [2.24, 2.45) is 0 Å². The molecule has 0 amide bonds. The van der Waals surface area contributed by atoms with Gasteiger partial charge in [0, 0.05) is 29.6 Å². The van der Waals surface area contributed by atoms with E-state index in [1.807, 2.05) is 0 Å². The van der Waals surface area contributed by atoms with Gasteiger partial charge in [-0.2, -0.15) is 0 Å². The minimum atomic E-state index is -1.60. The van der Waals surface area contributed by atoms with Gasteiger partial charge in [0.1, 0.15) is 0 Å². The number of carboxylic acid groups (broad SMARTS) is 1. The summed E-state index contributed by atoms with van der Waals surface area (Å²) in [6.07, 6.45) is 0.120. The van der Waals surface area contributed by atoms with E-state index in [9.17, 15) is 4.79 Å². The number of rotatable bonds is 3. The minimum absolute atomic E-state index is 0. The number of hydrogen-bond acceptors (Lipinski definition) is 4. The molecule has 0 saturated carbocycles. The van der Waals surface area contributed by atoms with Crippen LogP contribution in [0, 0.1) is 0 Å². The molecule has 0 spiro atoms. The Morgan fingerprint density at radius 3 is 1.91 bits per heavy atom. The number of aliphatic carboxylic acids is 1. The minimum Gasteiger partial charge on any atom is -0.480 e. The maximum absolute atomic E-state index is 10.3. The standard InChI is InChI=1S/C5H11NO4.Na/c1-3-5(2,4(7)8)6(9)10;/h9-10H,3H2,1-2H3,(H,7,8);. The van der Waals surface area contributed by atoms with Crippen molar-refractivity contribution in [3.63, 3.8) is 0 Å². The molecule has 6 heteroatoms. The van der Waals surface area contributed by atoms with Crippen molar-refractivity contribution in [1.29, 1.82) is 0 Å². The van der Waals surface area contributed by atoms with Crippen LogP contribution in [-0.2, 0) is 4.79 Å². The molecule has 0 aromatic rings. The summed E-state index contributed by atoms with van der Waals surface area (Å²) in [4.78, 5) is 10.3. The summed E-state index contributed by atoms with van der Waals surface area (Å²) in [6, 6.07) is 0. The van der Waals surface area contributed by atoms with Gasteiger partial charge in [-0.15, -0.1) is 0 Å². The molecular weight excluding hydrogens is 161 g/mol. The fraction of sp³-hybridized carbons (Fsp3) is 0.800. The van der Waals surface area contributed by atoms with Gasteiger partial charge in [0.25, 0.3) is 0 Å². The molecule has 0 rings (SSSR count). The van der Waals surface area contributed by atoms with Crippen LogP contribution in [0.25, 0.3) is 0 Å². The Hall–Kier alpha value is 0.350. The van der Waals surface area contributed by atoms with Crippen LogP contribution in [0.2, 0.25) is 0 Å². The average molecular weight is 172 g/mol. The molecule has 0 bridgehead atoms. The van der Waals surface area contributed by atoms with E-state index in [0.717, 1.165) is 0 Å². The van der Waals surface area contributed by atoms with E-state index in [2.05, 4.69) is 0 Å². The van der Waals surface area contributed by atoms with E-state index in [4.69, 9.17) is 15.5 Å². The Balaban J connectivity index is 0. The van der Waals surface area contributed by atoms with E-state index in [1.54, 1.807) is 6.92 Å². The predicted octanol–water partition coefficient (Wildman–Crippen LogP) is -0.0607. The van der Waals surface area contributed by atoms with Crippen LogP contribution < -0.4 is 0 Å². The van der Waals surface area contributed by atoms with E-state index >= 15 is 0 Å². The maximum Gasteiger partial charge on any atom is 0.328 e. The van der Waals surface area contributed by atoms with Crippen LogP contribution in [0.1, 0.15) is 20.3 Å².